The van der Waals surface area contributed by atoms with Gasteiger partial charge in [-0.2, -0.15) is 0 Å². The maximum Gasteiger partial charge on any atom is 0.0249 e. The predicted molar refractivity (Wildman–Crippen MR) is 69.7 cm³/mol. The second-order valence-corrected chi connectivity index (χ2v) is 6.37. The van der Waals surface area contributed by atoms with Gasteiger partial charge < -0.3 is 5.32 Å². The fraction of sp³-hybridized carbons (Fsp3) is 1.00. The maximum absolute atomic E-state index is 11.6. The van der Waals surface area contributed by atoms with Crippen LogP contribution < -0.4 is 5.32 Å². The van der Waals surface area contributed by atoms with Gasteiger partial charge in [0.15, 0.2) is 0 Å². The van der Waals surface area contributed by atoms with E-state index < -0.39 is 10.8 Å². The van der Waals surface area contributed by atoms with Crippen LogP contribution in [0.2, 0.25) is 0 Å². The van der Waals surface area contributed by atoms with Crippen LogP contribution in [0.4, 0.5) is 0 Å². The average molecular weight is 233 g/mol. The zero-order chi connectivity index (χ0) is 11.7. The lowest BCUT2D eigenvalue weighted by molar-refractivity contribution is 0.532. The van der Waals surface area contributed by atoms with E-state index >= 15 is 0 Å². The summed E-state index contributed by atoms with van der Waals surface area (Å²) in [6.07, 6.45) is 3.29. The van der Waals surface area contributed by atoms with E-state index in [4.69, 9.17) is 0 Å². The van der Waals surface area contributed by atoms with Gasteiger partial charge in [0.1, 0.15) is 0 Å². The van der Waals surface area contributed by atoms with Crippen molar-refractivity contribution in [2.45, 2.75) is 53.0 Å². The summed E-state index contributed by atoms with van der Waals surface area (Å²) in [6.45, 7) is 9.78. The summed E-state index contributed by atoms with van der Waals surface area (Å²) in [6, 6.07) is 0.507. The monoisotopic (exact) mass is 233 g/mol. The first kappa shape index (κ1) is 15.1. The molecule has 15 heavy (non-hydrogen) atoms. The van der Waals surface area contributed by atoms with E-state index in [0.717, 1.165) is 30.9 Å². The largest absolute Gasteiger partial charge is 0.314 e. The van der Waals surface area contributed by atoms with Crippen molar-refractivity contribution in [3.63, 3.8) is 0 Å². The molecule has 0 saturated heterocycles. The molecule has 0 radical (unpaired) electrons. The smallest absolute Gasteiger partial charge is 0.0249 e. The van der Waals surface area contributed by atoms with E-state index in [2.05, 4.69) is 33.0 Å². The van der Waals surface area contributed by atoms with Crippen molar-refractivity contribution < 1.29 is 4.21 Å². The summed E-state index contributed by atoms with van der Waals surface area (Å²) in [5.74, 6) is 2.40. The van der Waals surface area contributed by atoms with Crippen molar-refractivity contribution in [3.05, 3.63) is 0 Å². The third kappa shape index (κ3) is 10.4. The van der Waals surface area contributed by atoms with Gasteiger partial charge in [0.2, 0.25) is 0 Å². The van der Waals surface area contributed by atoms with E-state index in [-0.39, 0.29) is 0 Å². The number of hydrogen-bond donors (Lipinski definition) is 1. The quantitative estimate of drug-likeness (QED) is 0.663. The molecule has 0 amide bonds. The van der Waals surface area contributed by atoms with Crippen molar-refractivity contribution >= 4 is 10.8 Å². The Morgan fingerprint density at radius 2 is 1.73 bits per heavy atom. The predicted octanol–water partition coefficient (Wildman–Crippen LogP) is 2.56. The van der Waals surface area contributed by atoms with Crippen LogP contribution in [0.25, 0.3) is 0 Å². The third-order valence-electron chi connectivity index (χ3n) is 2.44. The topological polar surface area (TPSA) is 29.1 Å². The number of hydrogen-bond acceptors (Lipinski definition) is 2. The molecule has 0 aromatic carbocycles. The molecule has 0 aromatic heterocycles. The van der Waals surface area contributed by atoms with E-state index in [0.29, 0.717) is 12.0 Å². The van der Waals surface area contributed by atoms with E-state index in [1.807, 2.05) is 0 Å². The molecule has 92 valence electrons. The van der Waals surface area contributed by atoms with Crippen molar-refractivity contribution in [1.82, 2.24) is 5.32 Å². The first-order valence-corrected chi connectivity index (χ1v) is 7.63. The summed E-state index contributed by atoms with van der Waals surface area (Å²) in [4.78, 5) is 0. The molecular formula is C12H27NOS. The molecule has 0 aliphatic carbocycles. The Balaban J connectivity index is 3.44. The van der Waals surface area contributed by atoms with E-state index in [1.165, 1.54) is 6.42 Å². The zero-order valence-corrected chi connectivity index (χ0v) is 11.5. The standard InChI is InChI=1S/C12H27NOS/c1-5-8-13-12(4)7-10-15(14)9-6-11(2)3/h11-13H,5-10H2,1-4H3. The Morgan fingerprint density at radius 3 is 2.27 bits per heavy atom. The average Bonchev–Trinajstić information content (AvgIpc) is 2.20. The summed E-state index contributed by atoms with van der Waals surface area (Å²) in [5.41, 5.74) is 0. The SMILES string of the molecule is CCCNC(C)CCS(=O)CCC(C)C. The molecule has 0 fully saturated rings. The fourth-order valence-corrected chi connectivity index (χ4v) is 2.83. The van der Waals surface area contributed by atoms with Gasteiger partial charge in [0, 0.05) is 28.3 Å². The molecule has 2 atom stereocenters. The first-order valence-electron chi connectivity index (χ1n) is 6.14. The number of rotatable bonds is 9. The second kappa shape index (κ2) is 9.34. The molecule has 0 saturated carbocycles. The van der Waals surface area contributed by atoms with E-state index in [9.17, 15) is 4.21 Å². The van der Waals surface area contributed by atoms with Gasteiger partial charge in [-0.15, -0.1) is 0 Å². The van der Waals surface area contributed by atoms with Crippen LogP contribution >= 0.6 is 0 Å². The number of nitrogens with one attached hydrogen (secondary N) is 1. The zero-order valence-electron chi connectivity index (χ0n) is 10.7. The highest BCUT2D eigenvalue weighted by Crippen LogP contribution is 2.02. The Hall–Kier alpha value is 0.110. The lowest BCUT2D eigenvalue weighted by Crippen LogP contribution is -2.28. The highest BCUT2D eigenvalue weighted by atomic mass is 32.2. The van der Waals surface area contributed by atoms with Crippen molar-refractivity contribution in [3.8, 4) is 0 Å². The normalized spacial score (nSPS) is 15.5. The Morgan fingerprint density at radius 1 is 1.13 bits per heavy atom. The molecule has 2 nitrogen and oxygen atoms in total. The molecule has 0 bridgehead atoms. The lowest BCUT2D eigenvalue weighted by Gasteiger charge is -2.12. The first-order chi connectivity index (χ1) is 7.06. The van der Waals surface area contributed by atoms with Crippen LogP contribution in [0.3, 0.4) is 0 Å². The second-order valence-electron chi connectivity index (χ2n) is 4.67. The van der Waals surface area contributed by atoms with Crippen molar-refractivity contribution in [1.29, 1.82) is 0 Å². The van der Waals surface area contributed by atoms with Gasteiger partial charge in [-0.05, 0) is 38.6 Å². The molecule has 0 aliphatic rings. The van der Waals surface area contributed by atoms with Crippen molar-refractivity contribution in [2.75, 3.05) is 18.1 Å². The molecule has 3 heteroatoms. The molecule has 2 unspecified atom stereocenters. The van der Waals surface area contributed by atoms with Crippen LogP contribution in [0.5, 0.6) is 0 Å². The Labute approximate surface area is 97.7 Å². The fourth-order valence-electron chi connectivity index (χ4n) is 1.27. The highest BCUT2D eigenvalue weighted by molar-refractivity contribution is 7.84. The molecular weight excluding hydrogens is 206 g/mol. The highest BCUT2D eigenvalue weighted by Gasteiger charge is 2.05. The summed E-state index contributed by atoms with van der Waals surface area (Å²) in [5, 5.41) is 3.42. The summed E-state index contributed by atoms with van der Waals surface area (Å²) < 4.78 is 11.6. The van der Waals surface area contributed by atoms with Gasteiger partial charge >= 0.3 is 0 Å². The molecule has 0 heterocycles. The molecule has 0 aromatic rings. The van der Waals surface area contributed by atoms with Crippen LogP contribution in [-0.4, -0.2) is 28.3 Å². The minimum Gasteiger partial charge on any atom is -0.314 e. The molecule has 0 rings (SSSR count). The Bertz CT molecular complexity index is 171. The van der Waals surface area contributed by atoms with Crippen LogP contribution in [0.15, 0.2) is 0 Å². The minimum atomic E-state index is -0.607. The molecule has 1 N–H and O–H groups in total. The van der Waals surface area contributed by atoms with Crippen LogP contribution in [-0.2, 0) is 10.8 Å². The third-order valence-corrected chi connectivity index (χ3v) is 3.83. The summed E-state index contributed by atoms with van der Waals surface area (Å²) in [7, 11) is -0.607. The minimum absolute atomic E-state index is 0.507. The summed E-state index contributed by atoms with van der Waals surface area (Å²) >= 11 is 0. The van der Waals surface area contributed by atoms with Crippen LogP contribution in [0, 0.1) is 5.92 Å². The van der Waals surface area contributed by atoms with Gasteiger partial charge in [-0.3, -0.25) is 4.21 Å². The lowest BCUT2D eigenvalue weighted by atomic mass is 10.2. The van der Waals surface area contributed by atoms with Gasteiger partial charge in [0.25, 0.3) is 0 Å². The van der Waals surface area contributed by atoms with Gasteiger partial charge in [0.05, 0.1) is 0 Å². The van der Waals surface area contributed by atoms with Gasteiger partial charge in [-0.25, -0.2) is 0 Å². The van der Waals surface area contributed by atoms with Crippen LogP contribution in [0.1, 0.15) is 47.0 Å². The molecule has 0 aliphatic heterocycles. The van der Waals surface area contributed by atoms with Gasteiger partial charge in [-0.1, -0.05) is 20.8 Å². The van der Waals surface area contributed by atoms with E-state index in [1.54, 1.807) is 0 Å². The molecule has 0 spiro atoms. The maximum atomic E-state index is 11.6. The van der Waals surface area contributed by atoms with Crippen molar-refractivity contribution in [2.24, 2.45) is 5.92 Å². The Kier molecular flexibility index (Phi) is 9.41.